The van der Waals surface area contributed by atoms with E-state index in [1.807, 2.05) is 42.5 Å². The third-order valence-electron chi connectivity index (χ3n) is 7.16. The molecule has 5 rings (SSSR count). The number of para-hydroxylation sites is 1. The quantitative estimate of drug-likeness (QED) is 0.387. The molecule has 0 saturated carbocycles. The number of amides is 2. The van der Waals surface area contributed by atoms with Crippen LogP contribution in [0.25, 0.3) is 10.9 Å². The summed E-state index contributed by atoms with van der Waals surface area (Å²) in [5, 5.41) is 16.0. The second kappa shape index (κ2) is 10.3. The van der Waals surface area contributed by atoms with Gasteiger partial charge in [-0.15, -0.1) is 0 Å². The molecule has 1 fully saturated rings. The van der Waals surface area contributed by atoms with E-state index in [2.05, 4.69) is 21.7 Å². The molecule has 3 aromatic rings. The number of methoxy groups -OCH3 is 1. The first kappa shape index (κ1) is 24.4. The number of aromatic nitrogens is 1. The number of ether oxygens (including phenoxy) is 2. The van der Waals surface area contributed by atoms with Gasteiger partial charge in [-0.3, -0.25) is 14.4 Å². The number of hydrogen-bond donors (Lipinski definition) is 3. The van der Waals surface area contributed by atoms with Gasteiger partial charge in [-0.2, -0.15) is 5.26 Å². The van der Waals surface area contributed by atoms with Gasteiger partial charge in [0.15, 0.2) is 5.78 Å². The van der Waals surface area contributed by atoms with Gasteiger partial charge in [0.05, 0.1) is 24.8 Å². The molecule has 0 bridgehead atoms. The Morgan fingerprint density at radius 1 is 1.24 bits per heavy atom. The summed E-state index contributed by atoms with van der Waals surface area (Å²) in [6.07, 6.45) is 0.656. The van der Waals surface area contributed by atoms with E-state index >= 15 is 0 Å². The summed E-state index contributed by atoms with van der Waals surface area (Å²) in [5.41, 5.74) is 2.09. The molecule has 2 aliphatic rings. The van der Waals surface area contributed by atoms with E-state index < -0.39 is 24.0 Å². The number of rotatable bonds is 9. The lowest BCUT2D eigenvalue weighted by molar-refractivity contribution is -0.128. The molecule has 37 heavy (non-hydrogen) atoms. The van der Waals surface area contributed by atoms with Gasteiger partial charge in [-0.25, -0.2) is 0 Å². The van der Waals surface area contributed by atoms with Gasteiger partial charge < -0.3 is 25.1 Å². The third kappa shape index (κ3) is 5.00. The summed E-state index contributed by atoms with van der Waals surface area (Å²) in [6.45, 7) is 0.566. The monoisotopic (exact) mass is 500 g/mol. The number of nitriles is 1. The molecule has 1 saturated heterocycles. The summed E-state index contributed by atoms with van der Waals surface area (Å²) in [4.78, 5) is 42.1. The number of nitrogens with one attached hydrogen (secondary N) is 3. The van der Waals surface area contributed by atoms with Crippen LogP contribution in [0.5, 0.6) is 11.5 Å². The highest BCUT2D eigenvalue weighted by Crippen LogP contribution is 2.34. The Labute approximate surface area is 214 Å². The van der Waals surface area contributed by atoms with Gasteiger partial charge in [0.2, 0.25) is 11.8 Å². The second-order valence-electron chi connectivity index (χ2n) is 9.51. The molecule has 1 aromatic heterocycles. The van der Waals surface area contributed by atoms with Crippen molar-refractivity contribution in [1.82, 2.24) is 15.6 Å². The number of nitrogens with zero attached hydrogens (tertiary/aromatic N) is 1. The van der Waals surface area contributed by atoms with Gasteiger partial charge in [-0.05, 0) is 42.7 Å². The average Bonchev–Trinajstić information content (AvgIpc) is 3.64. The Balaban J connectivity index is 1.37. The van der Waals surface area contributed by atoms with Gasteiger partial charge in [0.25, 0.3) is 0 Å². The summed E-state index contributed by atoms with van der Waals surface area (Å²) in [5.74, 6) is -0.617. The molecule has 2 amide bonds. The standard InChI is InChI=1S/C28H28N4O5/c1-36-25-8-4-6-21-19(25)13-22(32-21)23(33)14-20(26-12-16-5-2-3-7-24(16)37-26)28(35)31-18(15-29)11-17-9-10-30-27(17)34/h2-8,13,17-18,20,26,32H,9-12,14H2,1H3,(H,30,34)(H,31,35)/t17-,18-,20-,26-/m0/s1. The summed E-state index contributed by atoms with van der Waals surface area (Å²) in [6, 6.07) is 16.0. The van der Waals surface area contributed by atoms with E-state index in [9.17, 15) is 19.6 Å². The lowest BCUT2D eigenvalue weighted by Crippen LogP contribution is -2.45. The predicted molar refractivity (Wildman–Crippen MR) is 135 cm³/mol. The number of benzene rings is 2. The normalized spacial score (nSPS) is 19.8. The van der Waals surface area contributed by atoms with Crippen LogP contribution in [0.1, 0.15) is 35.3 Å². The Hall–Kier alpha value is -4.32. The highest BCUT2D eigenvalue weighted by atomic mass is 16.5. The molecule has 0 spiro atoms. The molecule has 0 aliphatic carbocycles. The number of aromatic amines is 1. The first-order valence-electron chi connectivity index (χ1n) is 12.4. The molecule has 3 heterocycles. The summed E-state index contributed by atoms with van der Waals surface area (Å²) in [7, 11) is 1.57. The second-order valence-corrected chi connectivity index (χ2v) is 9.51. The molecule has 0 radical (unpaired) electrons. The number of ketones is 1. The maximum atomic E-state index is 13.5. The van der Waals surface area contributed by atoms with E-state index in [0.717, 1.165) is 16.5 Å². The van der Waals surface area contributed by atoms with Gasteiger partial charge in [-0.1, -0.05) is 24.3 Å². The van der Waals surface area contributed by atoms with E-state index in [4.69, 9.17) is 9.47 Å². The van der Waals surface area contributed by atoms with Crippen molar-refractivity contribution in [3.8, 4) is 17.6 Å². The molecule has 4 atom stereocenters. The molecule has 0 unspecified atom stereocenters. The van der Waals surface area contributed by atoms with Crippen molar-refractivity contribution in [3.63, 3.8) is 0 Å². The minimum atomic E-state index is -0.847. The molecule has 3 N–H and O–H groups in total. The number of Topliss-reactive ketones (excluding diaryl/α,β-unsaturated/α-hetero) is 1. The fraction of sp³-hybridized carbons (Fsp3) is 0.357. The zero-order chi connectivity index (χ0) is 25.9. The molecule has 190 valence electrons. The van der Waals surface area contributed by atoms with Crippen LogP contribution in [0.4, 0.5) is 0 Å². The molecular formula is C28H28N4O5. The number of carbonyl (C=O) groups is 3. The third-order valence-corrected chi connectivity index (χ3v) is 7.16. The van der Waals surface area contributed by atoms with Crippen LogP contribution in [0.3, 0.4) is 0 Å². The maximum absolute atomic E-state index is 13.5. The van der Waals surface area contributed by atoms with Crippen molar-refractivity contribution in [2.45, 2.75) is 37.8 Å². The lowest BCUT2D eigenvalue weighted by atomic mass is 9.90. The van der Waals surface area contributed by atoms with Crippen LogP contribution in [0.2, 0.25) is 0 Å². The van der Waals surface area contributed by atoms with Crippen LogP contribution in [-0.2, 0) is 16.0 Å². The van der Waals surface area contributed by atoms with Crippen LogP contribution in [-0.4, -0.2) is 48.4 Å². The molecule has 2 aliphatic heterocycles. The van der Waals surface area contributed by atoms with Gasteiger partial charge in [0, 0.05) is 36.2 Å². The van der Waals surface area contributed by atoms with Crippen LogP contribution in [0.15, 0.2) is 48.5 Å². The highest BCUT2D eigenvalue weighted by molar-refractivity contribution is 6.02. The van der Waals surface area contributed by atoms with Crippen molar-refractivity contribution in [1.29, 1.82) is 5.26 Å². The van der Waals surface area contributed by atoms with Crippen LogP contribution in [0, 0.1) is 23.2 Å². The predicted octanol–water partition coefficient (Wildman–Crippen LogP) is 2.90. The minimum absolute atomic E-state index is 0.106. The highest BCUT2D eigenvalue weighted by Gasteiger charge is 2.38. The molecular weight excluding hydrogens is 472 g/mol. The van der Waals surface area contributed by atoms with Gasteiger partial charge in [0.1, 0.15) is 23.6 Å². The topological polar surface area (TPSA) is 133 Å². The number of H-pyrrole nitrogens is 1. The zero-order valence-corrected chi connectivity index (χ0v) is 20.5. The SMILES string of the molecule is COc1cccc2[nH]c(C(=O)C[C@H](C(=O)N[C@H](C#N)C[C@@H]3CCNC3=O)[C@@H]3Cc4ccccc4O3)cc12. The zero-order valence-electron chi connectivity index (χ0n) is 20.5. The fourth-order valence-corrected chi connectivity index (χ4v) is 5.17. The van der Waals surface area contributed by atoms with E-state index in [-0.39, 0.29) is 30.4 Å². The first-order chi connectivity index (χ1) is 18.0. The maximum Gasteiger partial charge on any atom is 0.228 e. The van der Waals surface area contributed by atoms with Crippen molar-refractivity contribution >= 4 is 28.5 Å². The van der Waals surface area contributed by atoms with Crippen LogP contribution < -0.4 is 20.1 Å². The van der Waals surface area contributed by atoms with Crippen molar-refractivity contribution in [3.05, 3.63) is 59.8 Å². The number of hydrogen-bond acceptors (Lipinski definition) is 6. The smallest absolute Gasteiger partial charge is 0.228 e. The summed E-state index contributed by atoms with van der Waals surface area (Å²) >= 11 is 0. The minimum Gasteiger partial charge on any atom is -0.496 e. The number of fused-ring (bicyclic) bond motifs is 2. The fourth-order valence-electron chi connectivity index (χ4n) is 5.17. The Morgan fingerprint density at radius 3 is 2.81 bits per heavy atom. The van der Waals surface area contributed by atoms with E-state index in [1.54, 1.807) is 13.2 Å². The van der Waals surface area contributed by atoms with Crippen molar-refractivity contribution in [2.24, 2.45) is 11.8 Å². The molecule has 9 nitrogen and oxygen atoms in total. The molecule has 2 aromatic carbocycles. The van der Waals surface area contributed by atoms with E-state index in [0.29, 0.717) is 36.6 Å². The van der Waals surface area contributed by atoms with Gasteiger partial charge >= 0.3 is 0 Å². The summed E-state index contributed by atoms with van der Waals surface area (Å²) < 4.78 is 11.5. The Kier molecular flexibility index (Phi) is 6.82. The van der Waals surface area contributed by atoms with Crippen molar-refractivity contribution in [2.75, 3.05) is 13.7 Å². The lowest BCUT2D eigenvalue weighted by Gasteiger charge is -2.24. The van der Waals surface area contributed by atoms with Crippen LogP contribution >= 0.6 is 0 Å². The Morgan fingerprint density at radius 2 is 2.08 bits per heavy atom. The number of carbonyl (C=O) groups excluding carboxylic acids is 3. The van der Waals surface area contributed by atoms with Crippen molar-refractivity contribution < 1.29 is 23.9 Å². The Bertz CT molecular complexity index is 1370. The average molecular weight is 501 g/mol. The first-order valence-corrected chi connectivity index (χ1v) is 12.4. The molecule has 9 heteroatoms. The van der Waals surface area contributed by atoms with E-state index in [1.165, 1.54) is 0 Å². The largest absolute Gasteiger partial charge is 0.496 e.